The number of esters is 1. The van der Waals surface area contributed by atoms with Crippen molar-refractivity contribution >= 4 is 17.3 Å². The van der Waals surface area contributed by atoms with Crippen LogP contribution in [0.2, 0.25) is 0 Å². The zero-order valence-electron chi connectivity index (χ0n) is 10.8. The van der Waals surface area contributed by atoms with Gasteiger partial charge in [-0.15, -0.1) is 0 Å². The Bertz CT molecular complexity index is 477. The van der Waals surface area contributed by atoms with Crippen molar-refractivity contribution in [1.82, 2.24) is 0 Å². The summed E-state index contributed by atoms with van der Waals surface area (Å²) < 4.78 is 5.20. The molecule has 0 aliphatic carbocycles. The number of hydrogen-bond donors (Lipinski definition) is 1. The molecule has 0 aliphatic heterocycles. The molecule has 0 saturated heterocycles. The number of nitrogens with zero attached hydrogens (tertiary/aromatic N) is 1. The topological polar surface area (TPSA) is 81.5 Å². The molecule has 0 radical (unpaired) electrons. The Hall–Kier alpha value is -2.11. The van der Waals surface area contributed by atoms with Crippen LogP contribution in [0.1, 0.15) is 31.1 Å². The average Bonchev–Trinajstić information content (AvgIpc) is 2.25. The van der Waals surface area contributed by atoms with E-state index in [-0.39, 0.29) is 11.3 Å². The van der Waals surface area contributed by atoms with Crippen molar-refractivity contribution in [3.8, 4) is 0 Å². The molecule has 0 unspecified atom stereocenters. The van der Waals surface area contributed by atoms with E-state index >= 15 is 0 Å². The normalized spacial score (nSPS) is 10.9. The van der Waals surface area contributed by atoms with Gasteiger partial charge in [-0.2, -0.15) is 0 Å². The Kier molecular flexibility index (Phi) is 3.90. The van der Waals surface area contributed by atoms with Crippen LogP contribution >= 0.6 is 0 Å². The summed E-state index contributed by atoms with van der Waals surface area (Å²) in [5.74, 6) is -0.587. The van der Waals surface area contributed by atoms with Gasteiger partial charge < -0.3 is 10.1 Å². The summed E-state index contributed by atoms with van der Waals surface area (Å²) >= 11 is 0. The number of nitro benzene ring substituents is 1. The number of nitrogens with one attached hydrogen (secondary N) is 1. The first kappa shape index (κ1) is 14.0. The molecule has 0 aliphatic rings. The minimum absolute atomic E-state index is 0.144. The summed E-state index contributed by atoms with van der Waals surface area (Å²) in [6, 6.07) is 4.02. The maximum atomic E-state index is 11.9. The zero-order chi connectivity index (χ0) is 13.9. The van der Waals surface area contributed by atoms with Crippen LogP contribution in [0.3, 0.4) is 0 Å². The SMILES string of the molecule is CNc1ccc([N+](=O)[O-])cc1C(=O)OC(C)(C)C. The van der Waals surface area contributed by atoms with Crippen LogP contribution in [-0.4, -0.2) is 23.5 Å². The third kappa shape index (κ3) is 3.44. The van der Waals surface area contributed by atoms with Crippen molar-refractivity contribution in [3.05, 3.63) is 33.9 Å². The van der Waals surface area contributed by atoms with E-state index in [0.717, 1.165) is 0 Å². The van der Waals surface area contributed by atoms with E-state index in [1.807, 2.05) is 0 Å². The van der Waals surface area contributed by atoms with E-state index in [9.17, 15) is 14.9 Å². The minimum Gasteiger partial charge on any atom is -0.456 e. The van der Waals surface area contributed by atoms with Crippen molar-refractivity contribution in [3.63, 3.8) is 0 Å². The maximum absolute atomic E-state index is 11.9. The molecule has 0 aromatic heterocycles. The van der Waals surface area contributed by atoms with Crippen molar-refractivity contribution in [2.45, 2.75) is 26.4 Å². The molecule has 0 amide bonds. The number of rotatable bonds is 3. The molecule has 0 saturated carbocycles. The lowest BCUT2D eigenvalue weighted by Crippen LogP contribution is -2.24. The highest BCUT2D eigenvalue weighted by Gasteiger charge is 2.22. The number of nitro groups is 1. The molecule has 0 heterocycles. The van der Waals surface area contributed by atoms with Crippen molar-refractivity contribution in [1.29, 1.82) is 0 Å². The molecule has 18 heavy (non-hydrogen) atoms. The van der Waals surface area contributed by atoms with E-state index in [4.69, 9.17) is 4.74 Å². The lowest BCUT2D eigenvalue weighted by atomic mass is 10.1. The maximum Gasteiger partial charge on any atom is 0.341 e. The van der Waals surface area contributed by atoms with E-state index < -0.39 is 16.5 Å². The number of benzene rings is 1. The molecule has 1 N–H and O–H groups in total. The van der Waals surface area contributed by atoms with E-state index in [0.29, 0.717) is 5.69 Å². The van der Waals surface area contributed by atoms with Crippen molar-refractivity contribution in [2.24, 2.45) is 0 Å². The highest BCUT2D eigenvalue weighted by Crippen LogP contribution is 2.24. The smallest absolute Gasteiger partial charge is 0.341 e. The Morgan fingerprint density at radius 1 is 1.39 bits per heavy atom. The lowest BCUT2D eigenvalue weighted by molar-refractivity contribution is -0.384. The molecule has 0 bridgehead atoms. The molecule has 1 rings (SSSR count). The van der Waals surface area contributed by atoms with Gasteiger partial charge in [0, 0.05) is 24.9 Å². The minimum atomic E-state index is -0.646. The van der Waals surface area contributed by atoms with Crippen LogP contribution in [0.25, 0.3) is 0 Å². The highest BCUT2D eigenvalue weighted by atomic mass is 16.6. The van der Waals surface area contributed by atoms with Gasteiger partial charge in [0.05, 0.1) is 10.5 Å². The Labute approximate surface area is 105 Å². The molecule has 98 valence electrons. The van der Waals surface area contributed by atoms with E-state index in [1.54, 1.807) is 27.8 Å². The van der Waals surface area contributed by atoms with Gasteiger partial charge in [-0.05, 0) is 26.8 Å². The van der Waals surface area contributed by atoms with Gasteiger partial charge in [0.2, 0.25) is 0 Å². The third-order valence-corrected chi connectivity index (χ3v) is 2.10. The Morgan fingerprint density at radius 2 is 2.00 bits per heavy atom. The summed E-state index contributed by atoms with van der Waals surface area (Å²) in [7, 11) is 1.63. The standard InChI is InChI=1S/C12H16N2O4/c1-12(2,3)18-11(15)9-7-8(14(16)17)5-6-10(9)13-4/h5-7,13H,1-4H3. The first-order valence-electron chi connectivity index (χ1n) is 5.44. The third-order valence-electron chi connectivity index (χ3n) is 2.10. The fourth-order valence-corrected chi connectivity index (χ4v) is 1.37. The number of carbonyl (C=O) groups is 1. The second-order valence-corrected chi connectivity index (χ2v) is 4.74. The van der Waals surface area contributed by atoms with E-state index in [2.05, 4.69) is 5.32 Å². The molecule has 0 spiro atoms. The van der Waals surface area contributed by atoms with Crippen LogP contribution in [0, 0.1) is 10.1 Å². The van der Waals surface area contributed by atoms with Gasteiger partial charge >= 0.3 is 5.97 Å². The molecule has 6 heteroatoms. The molecule has 0 fully saturated rings. The monoisotopic (exact) mass is 252 g/mol. The fraction of sp³-hybridized carbons (Fsp3) is 0.417. The first-order valence-corrected chi connectivity index (χ1v) is 5.44. The number of ether oxygens (including phenoxy) is 1. The van der Waals surface area contributed by atoms with Gasteiger partial charge in [0.15, 0.2) is 0 Å². The quantitative estimate of drug-likeness (QED) is 0.508. The predicted octanol–water partition coefficient (Wildman–Crippen LogP) is 2.59. The fourth-order valence-electron chi connectivity index (χ4n) is 1.37. The average molecular weight is 252 g/mol. The predicted molar refractivity (Wildman–Crippen MR) is 67.8 cm³/mol. The zero-order valence-corrected chi connectivity index (χ0v) is 10.8. The Morgan fingerprint density at radius 3 is 2.44 bits per heavy atom. The van der Waals surface area contributed by atoms with Crippen LogP contribution in [0.4, 0.5) is 11.4 Å². The molecule has 6 nitrogen and oxygen atoms in total. The van der Waals surface area contributed by atoms with Crippen molar-refractivity contribution in [2.75, 3.05) is 12.4 Å². The number of hydrogen-bond acceptors (Lipinski definition) is 5. The number of anilines is 1. The van der Waals surface area contributed by atoms with Gasteiger partial charge in [-0.25, -0.2) is 4.79 Å². The molecule has 0 atom stereocenters. The molecule has 1 aromatic carbocycles. The van der Waals surface area contributed by atoms with Gasteiger partial charge in [-0.1, -0.05) is 0 Å². The van der Waals surface area contributed by atoms with Gasteiger partial charge in [0.1, 0.15) is 5.60 Å². The number of carbonyl (C=O) groups excluding carboxylic acids is 1. The highest BCUT2D eigenvalue weighted by molar-refractivity contribution is 5.96. The van der Waals surface area contributed by atoms with E-state index in [1.165, 1.54) is 18.2 Å². The summed E-state index contributed by atoms with van der Waals surface area (Å²) in [6.07, 6.45) is 0. The van der Waals surface area contributed by atoms with Crippen LogP contribution in [0.5, 0.6) is 0 Å². The van der Waals surface area contributed by atoms with Crippen LogP contribution in [0.15, 0.2) is 18.2 Å². The lowest BCUT2D eigenvalue weighted by Gasteiger charge is -2.20. The molecular weight excluding hydrogens is 236 g/mol. The first-order chi connectivity index (χ1) is 8.24. The number of non-ortho nitro benzene ring substituents is 1. The Balaban J connectivity index is 3.16. The largest absolute Gasteiger partial charge is 0.456 e. The summed E-state index contributed by atoms with van der Waals surface area (Å²) in [5.41, 5.74) is -0.140. The van der Waals surface area contributed by atoms with Crippen LogP contribution < -0.4 is 5.32 Å². The summed E-state index contributed by atoms with van der Waals surface area (Å²) in [4.78, 5) is 22.1. The second-order valence-electron chi connectivity index (χ2n) is 4.74. The molecular formula is C12H16N2O4. The van der Waals surface area contributed by atoms with Gasteiger partial charge in [0.25, 0.3) is 5.69 Å². The molecule has 1 aromatic rings. The summed E-state index contributed by atoms with van der Waals surface area (Å²) in [6.45, 7) is 5.21. The van der Waals surface area contributed by atoms with Crippen molar-refractivity contribution < 1.29 is 14.5 Å². The van der Waals surface area contributed by atoms with Crippen LogP contribution in [-0.2, 0) is 4.74 Å². The second kappa shape index (κ2) is 5.03. The summed E-state index contributed by atoms with van der Waals surface area (Å²) in [5, 5.41) is 13.5. The van der Waals surface area contributed by atoms with Gasteiger partial charge in [-0.3, -0.25) is 10.1 Å².